The fourth-order valence-corrected chi connectivity index (χ4v) is 2.57. The van der Waals surface area contributed by atoms with E-state index >= 15 is 0 Å². The molecule has 6 nitrogen and oxygen atoms in total. The number of nitrogens with one attached hydrogen (secondary N) is 2. The van der Waals surface area contributed by atoms with Gasteiger partial charge in [0, 0.05) is 15.7 Å². The van der Waals surface area contributed by atoms with Crippen molar-refractivity contribution in [1.29, 1.82) is 0 Å². The van der Waals surface area contributed by atoms with Gasteiger partial charge < -0.3 is 20.1 Å². The molecule has 28 heavy (non-hydrogen) atoms. The van der Waals surface area contributed by atoms with Crippen LogP contribution < -0.4 is 20.1 Å². The van der Waals surface area contributed by atoms with E-state index in [0.29, 0.717) is 36.0 Å². The summed E-state index contributed by atoms with van der Waals surface area (Å²) in [6.45, 7) is 5.00. The normalized spacial score (nSPS) is 10.2. The van der Waals surface area contributed by atoms with Crippen LogP contribution in [0.1, 0.15) is 37.0 Å². The largest absolute Gasteiger partial charge is 0.490 e. The molecule has 0 spiro atoms. The Morgan fingerprint density at radius 1 is 0.929 bits per heavy atom. The molecule has 0 unspecified atom stereocenters. The molecule has 2 amide bonds. The van der Waals surface area contributed by atoms with Gasteiger partial charge in [0.1, 0.15) is 0 Å². The number of ether oxygens (including phenoxy) is 2. The number of rotatable bonds is 10. The van der Waals surface area contributed by atoms with Crippen LogP contribution in [-0.2, 0) is 4.79 Å². The first-order chi connectivity index (χ1) is 13.5. The third-order valence-electron chi connectivity index (χ3n) is 3.67. The topological polar surface area (TPSA) is 76.7 Å². The molecule has 0 saturated carbocycles. The molecule has 150 valence electrons. The first-order valence-electron chi connectivity index (χ1n) is 9.26. The fraction of sp³-hybridized carbons (Fsp3) is 0.333. The molecule has 0 aliphatic rings. The quantitative estimate of drug-likeness (QED) is 0.564. The Morgan fingerprint density at radius 2 is 1.57 bits per heavy atom. The summed E-state index contributed by atoms with van der Waals surface area (Å²) in [4.78, 5) is 24.4. The Bertz CT molecular complexity index is 793. The maximum absolute atomic E-state index is 12.4. The summed E-state index contributed by atoms with van der Waals surface area (Å²) in [6.07, 6.45) is 1.73. The lowest BCUT2D eigenvalue weighted by atomic mass is 10.2. The minimum Gasteiger partial charge on any atom is -0.490 e. The summed E-state index contributed by atoms with van der Waals surface area (Å²) in [5, 5.41) is 5.35. The minimum atomic E-state index is -0.352. The van der Waals surface area contributed by atoms with Gasteiger partial charge in [-0.2, -0.15) is 0 Å². The average Bonchev–Trinajstić information content (AvgIpc) is 2.70. The minimum absolute atomic E-state index is 0.131. The highest BCUT2D eigenvalue weighted by molar-refractivity contribution is 9.10. The number of carbonyl (C=O) groups excluding carboxylic acids is 2. The molecule has 2 aromatic carbocycles. The van der Waals surface area contributed by atoms with E-state index in [1.54, 1.807) is 30.3 Å². The van der Waals surface area contributed by atoms with Gasteiger partial charge in [0.15, 0.2) is 11.5 Å². The predicted molar refractivity (Wildman–Crippen MR) is 113 cm³/mol. The zero-order valence-electron chi connectivity index (χ0n) is 16.1. The molecule has 2 aromatic rings. The number of carbonyl (C=O) groups is 2. The van der Waals surface area contributed by atoms with Crippen molar-refractivity contribution in [2.24, 2.45) is 0 Å². The van der Waals surface area contributed by atoms with Crippen LogP contribution in [0.25, 0.3) is 0 Å². The maximum Gasteiger partial charge on any atom is 0.251 e. The Labute approximate surface area is 173 Å². The molecular formula is C21H25BrN2O4. The lowest BCUT2D eigenvalue weighted by Crippen LogP contribution is -2.32. The molecule has 0 aliphatic carbocycles. The predicted octanol–water partition coefficient (Wildman–Crippen LogP) is 4.40. The maximum atomic E-state index is 12.4. The van der Waals surface area contributed by atoms with E-state index in [0.717, 1.165) is 17.3 Å². The Hall–Kier alpha value is -2.54. The molecular weight excluding hydrogens is 424 g/mol. The van der Waals surface area contributed by atoms with Crippen molar-refractivity contribution in [3.8, 4) is 11.5 Å². The highest BCUT2D eigenvalue weighted by Crippen LogP contribution is 2.29. The van der Waals surface area contributed by atoms with Crippen molar-refractivity contribution in [3.05, 3.63) is 52.5 Å². The van der Waals surface area contributed by atoms with E-state index < -0.39 is 0 Å². The summed E-state index contributed by atoms with van der Waals surface area (Å²) in [5.74, 6) is 0.484. The van der Waals surface area contributed by atoms with Gasteiger partial charge in [-0.05, 0) is 55.3 Å². The van der Waals surface area contributed by atoms with Crippen molar-refractivity contribution in [3.63, 3.8) is 0 Å². The molecule has 7 heteroatoms. The Morgan fingerprint density at radius 3 is 2.21 bits per heavy atom. The lowest BCUT2D eigenvalue weighted by molar-refractivity contribution is -0.115. The summed E-state index contributed by atoms with van der Waals surface area (Å²) < 4.78 is 12.3. The van der Waals surface area contributed by atoms with Crippen molar-refractivity contribution >= 4 is 33.4 Å². The summed E-state index contributed by atoms with van der Waals surface area (Å²) in [6, 6.07) is 12.2. The zero-order chi connectivity index (χ0) is 20.4. The molecule has 0 radical (unpaired) electrons. The SMILES string of the molecule is CCCOc1ccc(C(=O)NCC(=O)Nc2ccc(Br)cc2)cc1OCCC. The van der Waals surface area contributed by atoms with E-state index in [2.05, 4.69) is 26.6 Å². The van der Waals surface area contributed by atoms with Crippen LogP contribution >= 0.6 is 15.9 Å². The van der Waals surface area contributed by atoms with Gasteiger partial charge in [0.05, 0.1) is 19.8 Å². The number of hydrogen-bond acceptors (Lipinski definition) is 4. The highest BCUT2D eigenvalue weighted by atomic mass is 79.9. The fourth-order valence-electron chi connectivity index (χ4n) is 2.31. The monoisotopic (exact) mass is 448 g/mol. The van der Waals surface area contributed by atoms with Gasteiger partial charge in [0.25, 0.3) is 5.91 Å². The van der Waals surface area contributed by atoms with Crippen LogP contribution in [0.4, 0.5) is 5.69 Å². The van der Waals surface area contributed by atoms with Gasteiger partial charge in [-0.25, -0.2) is 0 Å². The average molecular weight is 449 g/mol. The summed E-state index contributed by atoms with van der Waals surface area (Å²) >= 11 is 3.34. The molecule has 2 N–H and O–H groups in total. The molecule has 0 bridgehead atoms. The van der Waals surface area contributed by atoms with Gasteiger partial charge in [-0.15, -0.1) is 0 Å². The second-order valence-corrected chi connectivity index (χ2v) is 7.01. The van der Waals surface area contributed by atoms with Crippen LogP contribution in [0.5, 0.6) is 11.5 Å². The summed E-state index contributed by atoms with van der Waals surface area (Å²) in [7, 11) is 0. The number of halogens is 1. The lowest BCUT2D eigenvalue weighted by Gasteiger charge is -2.13. The van der Waals surface area contributed by atoms with Crippen LogP contribution in [0.15, 0.2) is 46.9 Å². The van der Waals surface area contributed by atoms with Crippen LogP contribution in [0, 0.1) is 0 Å². The zero-order valence-corrected chi connectivity index (χ0v) is 17.7. The van der Waals surface area contributed by atoms with E-state index in [4.69, 9.17) is 9.47 Å². The number of amides is 2. The van der Waals surface area contributed by atoms with Crippen LogP contribution in [-0.4, -0.2) is 31.6 Å². The third-order valence-corrected chi connectivity index (χ3v) is 4.20. The van der Waals surface area contributed by atoms with Crippen molar-refractivity contribution in [2.75, 3.05) is 25.1 Å². The molecule has 0 fully saturated rings. The Balaban J connectivity index is 1.96. The molecule has 0 saturated heterocycles. The van der Waals surface area contributed by atoms with E-state index in [1.165, 1.54) is 0 Å². The van der Waals surface area contributed by atoms with Crippen LogP contribution in [0.3, 0.4) is 0 Å². The van der Waals surface area contributed by atoms with E-state index in [-0.39, 0.29) is 18.4 Å². The molecule has 2 rings (SSSR count). The van der Waals surface area contributed by atoms with E-state index in [9.17, 15) is 9.59 Å². The van der Waals surface area contributed by atoms with Crippen molar-refractivity contribution in [1.82, 2.24) is 5.32 Å². The van der Waals surface area contributed by atoms with Gasteiger partial charge in [-0.1, -0.05) is 29.8 Å². The first kappa shape index (κ1) is 21.8. The van der Waals surface area contributed by atoms with Crippen molar-refractivity contribution < 1.29 is 19.1 Å². The van der Waals surface area contributed by atoms with Gasteiger partial charge in [-0.3, -0.25) is 9.59 Å². The third kappa shape index (κ3) is 6.88. The first-order valence-corrected chi connectivity index (χ1v) is 10.1. The van der Waals surface area contributed by atoms with Gasteiger partial charge >= 0.3 is 0 Å². The summed E-state index contributed by atoms with van der Waals surface area (Å²) in [5.41, 5.74) is 1.07. The number of benzene rings is 2. The second kappa shape index (κ2) is 11.3. The van der Waals surface area contributed by atoms with E-state index in [1.807, 2.05) is 26.0 Å². The smallest absolute Gasteiger partial charge is 0.251 e. The molecule has 0 aromatic heterocycles. The van der Waals surface area contributed by atoms with Crippen LogP contribution in [0.2, 0.25) is 0 Å². The Kier molecular flexibility index (Phi) is 8.81. The van der Waals surface area contributed by atoms with Crippen molar-refractivity contribution in [2.45, 2.75) is 26.7 Å². The molecule has 0 atom stereocenters. The van der Waals surface area contributed by atoms with Gasteiger partial charge in [0.2, 0.25) is 5.91 Å². The second-order valence-electron chi connectivity index (χ2n) is 6.10. The molecule has 0 aliphatic heterocycles. The number of hydrogen-bond donors (Lipinski definition) is 2. The highest BCUT2D eigenvalue weighted by Gasteiger charge is 2.13. The molecule has 0 heterocycles. The number of anilines is 1. The standard InChI is InChI=1S/C21H25BrN2O4/c1-3-11-27-18-10-5-15(13-19(18)28-12-4-2)21(26)23-14-20(25)24-17-8-6-16(22)7-9-17/h5-10,13H,3-4,11-12,14H2,1-2H3,(H,23,26)(H,24,25).